The summed E-state index contributed by atoms with van der Waals surface area (Å²) in [5.41, 5.74) is 2.47. The fourth-order valence-corrected chi connectivity index (χ4v) is 3.89. The molecule has 94 valence electrons. The number of nitrogens with zero attached hydrogens (tertiary/aromatic N) is 1. The first-order chi connectivity index (χ1) is 8.24. The minimum Gasteiger partial charge on any atom is -0.369 e. The van der Waals surface area contributed by atoms with Gasteiger partial charge in [0, 0.05) is 25.4 Å². The molecule has 0 aromatic heterocycles. The molecule has 0 aliphatic carbocycles. The summed E-state index contributed by atoms with van der Waals surface area (Å²) in [4.78, 5) is 2.36. The van der Waals surface area contributed by atoms with E-state index in [9.17, 15) is 0 Å². The molecule has 1 N–H and O–H groups in total. The van der Waals surface area contributed by atoms with E-state index in [1.54, 1.807) is 0 Å². The molecule has 1 atom stereocenters. The highest BCUT2D eigenvalue weighted by Gasteiger charge is 2.23. The van der Waals surface area contributed by atoms with Crippen LogP contribution < -0.4 is 10.2 Å². The first kappa shape index (κ1) is 13.1. The Morgan fingerprint density at radius 1 is 1.53 bits per heavy atom. The number of hydrogen-bond donors (Lipinski definition) is 1. The van der Waals surface area contributed by atoms with E-state index in [1.807, 2.05) is 30.9 Å². The van der Waals surface area contributed by atoms with Crippen LogP contribution in [0.15, 0.2) is 18.2 Å². The molecule has 1 fully saturated rings. The van der Waals surface area contributed by atoms with E-state index in [1.165, 1.54) is 29.2 Å². The van der Waals surface area contributed by atoms with Gasteiger partial charge in [-0.1, -0.05) is 23.7 Å². The average Bonchev–Trinajstić information content (AvgIpc) is 2.82. The van der Waals surface area contributed by atoms with E-state index in [-0.39, 0.29) is 0 Å². The molecule has 2 rings (SSSR count). The summed E-state index contributed by atoms with van der Waals surface area (Å²) in [5, 5.41) is 4.07. The van der Waals surface area contributed by atoms with Crippen molar-refractivity contribution in [2.24, 2.45) is 0 Å². The lowest BCUT2D eigenvalue weighted by atomic mass is 10.1. The summed E-state index contributed by atoms with van der Waals surface area (Å²) in [6.45, 7) is 0.861. The molecule has 1 aliphatic heterocycles. The van der Waals surface area contributed by atoms with Gasteiger partial charge in [0.2, 0.25) is 0 Å². The minimum absolute atomic E-state index is 0.621. The summed E-state index contributed by atoms with van der Waals surface area (Å²) in [6, 6.07) is 6.77. The monoisotopic (exact) mass is 270 g/mol. The first-order valence-electron chi connectivity index (χ1n) is 5.96. The molecule has 0 saturated carbocycles. The van der Waals surface area contributed by atoms with E-state index in [0.717, 1.165) is 11.6 Å². The molecule has 0 bridgehead atoms. The van der Waals surface area contributed by atoms with Gasteiger partial charge in [-0.05, 0) is 30.9 Å². The molecule has 17 heavy (non-hydrogen) atoms. The van der Waals surface area contributed by atoms with Gasteiger partial charge in [0.25, 0.3) is 0 Å². The standard InChI is InChI=1S/C13H19ClN2S/c1-15-8-10-4-3-5-12(14)13(10)16(2)11-6-7-17-9-11/h3-5,11,15H,6-9H2,1-2H3. The Labute approximate surface area is 113 Å². The smallest absolute Gasteiger partial charge is 0.0642 e. The maximum Gasteiger partial charge on any atom is 0.0642 e. The van der Waals surface area contributed by atoms with Crippen LogP contribution in [0.5, 0.6) is 0 Å². The molecule has 1 unspecified atom stereocenters. The maximum absolute atomic E-state index is 6.36. The molecule has 0 radical (unpaired) electrons. The Balaban J connectivity index is 2.28. The minimum atomic E-state index is 0.621. The van der Waals surface area contributed by atoms with Crippen LogP contribution in [0.4, 0.5) is 5.69 Å². The van der Waals surface area contributed by atoms with Gasteiger partial charge in [-0.2, -0.15) is 11.8 Å². The van der Waals surface area contributed by atoms with Crippen molar-refractivity contribution >= 4 is 29.1 Å². The van der Waals surface area contributed by atoms with Crippen LogP contribution in [0.3, 0.4) is 0 Å². The van der Waals surface area contributed by atoms with Crippen molar-refractivity contribution in [2.45, 2.75) is 19.0 Å². The molecule has 1 aromatic rings. The number of rotatable bonds is 4. The Bertz CT molecular complexity index is 378. The van der Waals surface area contributed by atoms with Crippen molar-refractivity contribution in [3.63, 3.8) is 0 Å². The van der Waals surface area contributed by atoms with Gasteiger partial charge in [0.15, 0.2) is 0 Å². The number of anilines is 1. The maximum atomic E-state index is 6.36. The summed E-state index contributed by atoms with van der Waals surface area (Å²) in [7, 11) is 4.13. The van der Waals surface area contributed by atoms with Gasteiger partial charge in [-0.25, -0.2) is 0 Å². The third kappa shape index (κ3) is 2.90. The normalized spacial score (nSPS) is 19.6. The summed E-state index contributed by atoms with van der Waals surface area (Å²) in [6.07, 6.45) is 1.26. The molecule has 1 aromatic carbocycles. The van der Waals surface area contributed by atoms with E-state index in [0.29, 0.717) is 6.04 Å². The summed E-state index contributed by atoms with van der Waals surface area (Å²) < 4.78 is 0. The van der Waals surface area contributed by atoms with Gasteiger partial charge in [-0.15, -0.1) is 0 Å². The van der Waals surface area contributed by atoms with E-state index in [4.69, 9.17) is 11.6 Å². The molecule has 0 spiro atoms. The highest BCUT2D eigenvalue weighted by molar-refractivity contribution is 7.99. The zero-order chi connectivity index (χ0) is 12.3. The Hall–Kier alpha value is -0.380. The lowest BCUT2D eigenvalue weighted by Gasteiger charge is -2.29. The lowest BCUT2D eigenvalue weighted by molar-refractivity contribution is 0.692. The molecular weight excluding hydrogens is 252 g/mol. The fourth-order valence-electron chi connectivity index (χ4n) is 2.30. The van der Waals surface area contributed by atoms with E-state index >= 15 is 0 Å². The molecule has 1 saturated heterocycles. The van der Waals surface area contributed by atoms with Gasteiger partial charge in [-0.3, -0.25) is 0 Å². The SMILES string of the molecule is CNCc1cccc(Cl)c1N(C)C1CCSC1. The number of para-hydroxylation sites is 1. The zero-order valence-corrected chi connectivity index (χ0v) is 11.9. The second kappa shape index (κ2) is 5.98. The van der Waals surface area contributed by atoms with Crippen LogP contribution in [0.25, 0.3) is 0 Å². The predicted molar refractivity (Wildman–Crippen MR) is 78.3 cm³/mol. The van der Waals surface area contributed by atoms with Crippen LogP contribution in [-0.2, 0) is 6.54 Å². The lowest BCUT2D eigenvalue weighted by Crippen LogP contribution is -2.32. The van der Waals surface area contributed by atoms with Crippen LogP contribution in [0.1, 0.15) is 12.0 Å². The quantitative estimate of drug-likeness (QED) is 0.906. The fraction of sp³-hybridized carbons (Fsp3) is 0.538. The van der Waals surface area contributed by atoms with Gasteiger partial charge >= 0.3 is 0 Å². The molecule has 4 heteroatoms. The second-order valence-electron chi connectivity index (χ2n) is 4.41. The predicted octanol–water partition coefficient (Wildman–Crippen LogP) is 3.00. The number of benzene rings is 1. The highest BCUT2D eigenvalue weighted by atomic mass is 35.5. The van der Waals surface area contributed by atoms with Crippen LogP contribution in [0, 0.1) is 0 Å². The van der Waals surface area contributed by atoms with E-state index in [2.05, 4.69) is 23.3 Å². The van der Waals surface area contributed by atoms with Crippen molar-refractivity contribution in [3.05, 3.63) is 28.8 Å². The highest BCUT2D eigenvalue weighted by Crippen LogP contribution is 2.33. The summed E-state index contributed by atoms with van der Waals surface area (Å²) in [5.74, 6) is 2.47. The number of halogens is 1. The molecule has 0 amide bonds. The Kier molecular flexibility index (Phi) is 4.60. The molecule has 1 heterocycles. The van der Waals surface area contributed by atoms with Gasteiger partial charge in [0.1, 0.15) is 0 Å². The van der Waals surface area contributed by atoms with Crippen LogP contribution in [0.2, 0.25) is 5.02 Å². The molecular formula is C13H19ClN2S. The topological polar surface area (TPSA) is 15.3 Å². The average molecular weight is 271 g/mol. The van der Waals surface area contributed by atoms with Crippen molar-refractivity contribution in [1.82, 2.24) is 5.32 Å². The van der Waals surface area contributed by atoms with Crippen molar-refractivity contribution < 1.29 is 0 Å². The van der Waals surface area contributed by atoms with Crippen molar-refractivity contribution in [1.29, 1.82) is 0 Å². The Morgan fingerprint density at radius 3 is 3.00 bits per heavy atom. The van der Waals surface area contributed by atoms with Crippen molar-refractivity contribution in [2.75, 3.05) is 30.5 Å². The third-order valence-corrected chi connectivity index (χ3v) is 4.69. The molecule has 1 aliphatic rings. The number of thioether (sulfide) groups is 1. The van der Waals surface area contributed by atoms with Crippen LogP contribution >= 0.6 is 23.4 Å². The first-order valence-corrected chi connectivity index (χ1v) is 7.50. The number of nitrogens with one attached hydrogen (secondary N) is 1. The van der Waals surface area contributed by atoms with Gasteiger partial charge < -0.3 is 10.2 Å². The second-order valence-corrected chi connectivity index (χ2v) is 5.96. The zero-order valence-electron chi connectivity index (χ0n) is 10.4. The third-order valence-electron chi connectivity index (χ3n) is 3.24. The molecule has 2 nitrogen and oxygen atoms in total. The Morgan fingerprint density at radius 2 is 2.35 bits per heavy atom. The van der Waals surface area contributed by atoms with E-state index < -0.39 is 0 Å². The summed E-state index contributed by atoms with van der Waals surface area (Å²) >= 11 is 8.39. The van der Waals surface area contributed by atoms with Crippen molar-refractivity contribution in [3.8, 4) is 0 Å². The largest absolute Gasteiger partial charge is 0.369 e. The van der Waals surface area contributed by atoms with Crippen LogP contribution in [-0.4, -0.2) is 31.6 Å². The van der Waals surface area contributed by atoms with Gasteiger partial charge in [0.05, 0.1) is 10.7 Å². The number of hydrogen-bond acceptors (Lipinski definition) is 3.